The predicted molar refractivity (Wildman–Crippen MR) is 61.4 cm³/mol. The molecular formula is C11H17NO2S. The van der Waals surface area contributed by atoms with Crippen LogP contribution in [0.25, 0.3) is 0 Å². The third-order valence-electron chi connectivity index (χ3n) is 2.98. The van der Waals surface area contributed by atoms with Gasteiger partial charge in [0.25, 0.3) is 0 Å². The summed E-state index contributed by atoms with van der Waals surface area (Å²) in [6.45, 7) is 2.27. The van der Waals surface area contributed by atoms with Crippen molar-refractivity contribution in [3.63, 3.8) is 0 Å². The lowest BCUT2D eigenvalue weighted by atomic mass is 10.2. The zero-order valence-electron chi connectivity index (χ0n) is 8.98. The fourth-order valence-electron chi connectivity index (χ4n) is 2.12. The summed E-state index contributed by atoms with van der Waals surface area (Å²) in [4.78, 5) is 3.60. The van der Waals surface area contributed by atoms with Crippen molar-refractivity contribution in [3.8, 4) is 5.75 Å². The number of aliphatic hydroxyl groups excluding tert-OH is 1. The molecular weight excluding hydrogens is 210 g/mol. The Morgan fingerprint density at radius 3 is 3.27 bits per heavy atom. The van der Waals surface area contributed by atoms with E-state index in [1.165, 1.54) is 11.3 Å². The van der Waals surface area contributed by atoms with Crippen LogP contribution in [-0.4, -0.2) is 36.3 Å². The minimum Gasteiger partial charge on any atom is -0.496 e. The van der Waals surface area contributed by atoms with Crippen molar-refractivity contribution in [2.45, 2.75) is 25.4 Å². The maximum atomic E-state index is 9.22. The molecule has 4 heteroatoms. The van der Waals surface area contributed by atoms with E-state index in [0.717, 1.165) is 25.3 Å². The Kier molecular flexibility index (Phi) is 3.61. The first-order valence-electron chi connectivity index (χ1n) is 5.30. The van der Waals surface area contributed by atoms with E-state index in [1.807, 2.05) is 6.07 Å². The molecule has 1 fully saturated rings. The van der Waals surface area contributed by atoms with Crippen LogP contribution in [0.15, 0.2) is 11.4 Å². The van der Waals surface area contributed by atoms with Gasteiger partial charge >= 0.3 is 0 Å². The predicted octanol–water partition coefficient (Wildman–Crippen LogP) is 1.71. The number of hydrogen-bond donors (Lipinski definition) is 1. The lowest BCUT2D eigenvalue weighted by Crippen LogP contribution is -2.31. The SMILES string of the molecule is COc1ccsc1CN1CCC[C@@H]1CO. The van der Waals surface area contributed by atoms with Crippen LogP contribution in [0.5, 0.6) is 5.75 Å². The molecule has 1 saturated heterocycles. The topological polar surface area (TPSA) is 32.7 Å². The minimum absolute atomic E-state index is 0.272. The molecule has 1 aliphatic heterocycles. The molecule has 0 bridgehead atoms. The van der Waals surface area contributed by atoms with Crippen LogP contribution in [0, 0.1) is 0 Å². The highest BCUT2D eigenvalue weighted by Crippen LogP contribution is 2.28. The second kappa shape index (κ2) is 4.96. The second-order valence-corrected chi connectivity index (χ2v) is 4.86. The number of likely N-dealkylation sites (tertiary alicyclic amines) is 1. The molecule has 1 aromatic heterocycles. The number of aliphatic hydroxyl groups is 1. The van der Waals surface area contributed by atoms with Crippen LogP contribution in [0.4, 0.5) is 0 Å². The van der Waals surface area contributed by atoms with Gasteiger partial charge in [-0.05, 0) is 30.8 Å². The summed E-state index contributed by atoms with van der Waals surface area (Å²) in [5.41, 5.74) is 0. The summed E-state index contributed by atoms with van der Waals surface area (Å²) >= 11 is 1.73. The summed E-state index contributed by atoms with van der Waals surface area (Å²) < 4.78 is 5.29. The quantitative estimate of drug-likeness (QED) is 0.850. The molecule has 0 unspecified atom stereocenters. The highest BCUT2D eigenvalue weighted by molar-refractivity contribution is 7.10. The summed E-state index contributed by atoms with van der Waals surface area (Å²) in [7, 11) is 1.71. The normalized spacial score (nSPS) is 22.1. The second-order valence-electron chi connectivity index (χ2n) is 3.86. The van der Waals surface area contributed by atoms with E-state index in [1.54, 1.807) is 18.4 Å². The fourth-order valence-corrected chi connectivity index (χ4v) is 2.98. The van der Waals surface area contributed by atoms with Gasteiger partial charge in [0.05, 0.1) is 18.6 Å². The average molecular weight is 227 g/mol. The van der Waals surface area contributed by atoms with Crippen LogP contribution in [0.3, 0.4) is 0 Å². The standard InChI is InChI=1S/C11H17NO2S/c1-14-10-4-6-15-11(10)7-12-5-2-3-9(12)8-13/h4,6,9,13H,2-3,5,7-8H2,1H3/t9-/m1/s1. The summed E-state index contributed by atoms with van der Waals surface area (Å²) in [6.07, 6.45) is 2.31. The molecule has 0 saturated carbocycles. The average Bonchev–Trinajstić information content (AvgIpc) is 2.87. The van der Waals surface area contributed by atoms with Crippen molar-refractivity contribution in [1.29, 1.82) is 0 Å². The first kappa shape index (κ1) is 10.9. The molecule has 15 heavy (non-hydrogen) atoms. The molecule has 0 amide bonds. The van der Waals surface area contributed by atoms with E-state index in [0.29, 0.717) is 6.04 Å². The third-order valence-corrected chi connectivity index (χ3v) is 3.87. The molecule has 2 rings (SSSR count). The van der Waals surface area contributed by atoms with Gasteiger partial charge in [0, 0.05) is 12.6 Å². The summed E-state index contributed by atoms with van der Waals surface area (Å²) in [5.74, 6) is 0.976. The number of hydrogen-bond acceptors (Lipinski definition) is 4. The van der Waals surface area contributed by atoms with E-state index in [2.05, 4.69) is 10.3 Å². The summed E-state index contributed by atoms with van der Waals surface area (Å²) in [6, 6.07) is 2.35. The van der Waals surface area contributed by atoms with Crippen molar-refractivity contribution in [1.82, 2.24) is 4.90 Å². The summed E-state index contributed by atoms with van der Waals surface area (Å²) in [5, 5.41) is 11.3. The van der Waals surface area contributed by atoms with Gasteiger partial charge in [0.15, 0.2) is 0 Å². The van der Waals surface area contributed by atoms with Gasteiger partial charge in [0.2, 0.25) is 0 Å². The van der Waals surface area contributed by atoms with Crippen LogP contribution in [0.1, 0.15) is 17.7 Å². The van der Waals surface area contributed by atoms with Crippen LogP contribution in [-0.2, 0) is 6.54 Å². The van der Waals surface area contributed by atoms with Gasteiger partial charge in [-0.3, -0.25) is 4.90 Å². The Bertz CT molecular complexity index is 313. The highest BCUT2D eigenvalue weighted by atomic mass is 32.1. The van der Waals surface area contributed by atoms with E-state index in [4.69, 9.17) is 4.74 Å². The van der Waals surface area contributed by atoms with Gasteiger partial charge in [-0.25, -0.2) is 0 Å². The molecule has 84 valence electrons. The number of nitrogens with zero attached hydrogens (tertiary/aromatic N) is 1. The van der Waals surface area contributed by atoms with Gasteiger partial charge < -0.3 is 9.84 Å². The molecule has 0 spiro atoms. The number of thiophene rings is 1. The smallest absolute Gasteiger partial charge is 0.134 e. The molecule has 2 heterocycles. The Morgan fingerprint density at radius 2 is 2.53 bits per heavy atom. The maximum Gasteiger partial charge on any atom is 0.134 e. The van der Waals surface area contributed by atoms with E-state index >= 15 is 0 Å². The van der Waals surface area contributed by atoms with Crippen LogP contribution < -0.4 is 4.74 Å². The Morgan fingerprint density at radius 1 is 1.67 bits per heavy atom. The highest BCUT2D eigenvalue weighted by Gasteiger charge is 2.24. The third kappa shape index (κ3) is 2.33. The molecule has 1 N–H and O–H groups in total. The van der Waals surface area contributed by atoms with Crippen LogP contribution in [0.2, 0.25) is 0 Å². The Hall–Kier alpha value is -0.580. The molecule has 0 aliphatic carbocycles. The van der Waals surface area contributed by atoms with Gasteiger partial charge in [-0.1, -0.05) is 0 Å². The van der Waals surface area contributed by atoms with Crippen molar-refractivity contribution in [3.05, 3.63) is 16.3 Å². The zero-order valence-corrected chi connectivity index (χ0v) is 9.80. The van der Waals surface area contributed by atoms with Gasteiger partial charge in [-0.15, -0.1) is 11.3 Å². The first-order chi connectivity index (χ1) is 7.35. The molecule has 3 nitrogen and oxygen atoms in total. The molecule has 1 atom stereocenters. The van der Waals surface area contributed by atoms with E-state index in [-0.39, 0.29) is 6.61 Å². The molecule has 1 aliphatic rings. The molecule has 0 aromatic carbocycles. The molecule has 0 radical (unpaired) electrons. The van der Waals surface area contributed by atoms with E-state index < -0.39 is 0 Å². The van der Waals surface area contributed by atoms with Crippen molar-refractivity contribution >= 4 is 11.3 Å². The zero-order chi connectivity index (χ0) is 10.7. The van der Waals surface area contributed by atoms with Crippen LogP contribution >= 0.6 is 11.3 Å². The number of methoxy groups -OCH3 is 1. The lowest BCUT2D eigenvalue weighted by Gasteiger charge is -2.22. The van der Waals surface area contributed by atoms with E-state index in [9.17, 15) is 5.11 Å². The fraction of sp³-hybridized carbons (Fsp3) is 0.636. The lowest BCUT2D eigenvalue weighted by molar-refractivity contribution is 0.153. The van der Waals surface area contributed by atoms with Crippen molar-refractivity contribution in [2.24, 2.45) is 0 Å². The van der Waals surface area contributed by atoms with Gasteiger partial charge in [0.1, 0.15) is 5.75 Å². The first-order valence-corrected chi connectivity index (χ1v) is 6.18. The van der Waals surface area contributed by atoms with Crippen molar-refractivity contribution < 1.29 is 9.84 Å². The Balaban J connectivity index is 2.01. The largest absolute Gasteiger partial charge is 0.496 e. The van der Waals surface area contributed by atoms with Crippen molar-refractivity contribution in [2.75, 3.05) is 20.3 Å². The minimum atomic E-state index is 0.272. The maximum absolute atomic E-state index is 9.22. The Labute approximate surface area is 94.3 Å². The number of rotatable bonds is 4. The number of ether oxygens (including phenoxy) is 1. The monoisotopic (exact) mass is 227 g/mol. The van der Waals surface area contributed by atoms with Gasteiger partial charge in [-0.2, -0.15) is 0 Å². The molecule has 1 aromatic rings.